The molecule has 2 aliphatic heterocycles. The summed E-state index contributed by atoms with van der Waals surface area (Å²) in [6.45, 7) is 4.16. The van der Waals surface area contributed by atoms with Crippen LogP contribution in [0.25, 0.3) is 0 Å². The molecule has 0 aromatic heterocycles. The van der Waals surface area contributed by atoms with Gasteiger partial charge in [0.2, 0.25) is 5.91 Å². The molecule has 0 saturated carbocycles. The molecule has 1 saturated heterocycles. The number of nitrogens with zero attached hydrogens (tertiary/aromatic N) is 3. The summed E-state index contributed by atoms with van der Waals surface area (Å²) in [5, 5.41) is 2.94. The fourth-order valence-electron chi connectivity index (χ4n) is 3.62. The zero-order valence-corrected chi connectivity index (χ0v) is 14.7. The van der Waals surface area contributed by atoms with Gasteiger partial charge in [0.25, 0.3) is 0 Å². The van der Waals surface area contributed by atoms with Crippen LogP contribution in [0, 0.1) is 0 Å². The smallest absolute Gasteiger partial charge is 0.318 e. The number of benzene rings is 1. The van der Waals surface area contributed by atoms with Crippen LogP contribution in [0.15, 0.2) is 24.3 Å². The second-order valence-corrected chi connectivity index (χ2v) is 6.75. The Labute approximate surface area is 143 Å². The van der Waals surface area contributed by atoms with Crippen molar-refractivity contribution in [1.29, 1.82) is 0 Å². The van der Waals surface area contributed by atoms with Crippen molar-refractivity contribution in [3.05, 3.63) is 29.8 Å². The molecule has 130 valence electrons. The van der Waals surface area contributed by atoms with Crippen LogP contribution in [0.1, 0.15) is 25.3 Å². The van der Waals surface area contributed by atoms with Gasteiger partial charge in [-0.3, -0.25) is 4.79 Å². The molecular formula is C18H26N4O2. The number of para-hydroxylation sites is 1. The lowest BCUT2D eigenvalue weighted by Crippen LogP contribution is -2.52. The molecule has 0 radical (unpaired) electrons. The number of amides is 3. The molecule has 1 fully saturated rings. The maximum atomic E-state index is 12.9. The molecule has 1 N–H and O–H groups in total. The Morgan fingerprint density at radius 2 is 2.00 bits per heavy atom. The molecule has 0 spiro atoms. The zero-order valence-electron chi connectivity index (χ0n) is 14.7. The second-order valence-electron chi connectivity index (χ2n) is 6.75. The highest BCUT2D eigenvalue weighted by molar-refractivity contribution is 5.88. The Morgan fingerprint density at radius 3 is 2.67 bits per heavy atom. The quantitative estimate of drug-likeness (QED) is 0.897. The zero-order chi connectivity index (χ0) is 17.3. The predicted molar refractivity (Wildman–Crippen MR) is 93.9 cm³/mol. The first-order chi connectivity index (χ1) is 11.5. The molecule has 1 aromatic carbocycles. The first-order valence-corrected chi connectivity index (χ1v) is 8.62. The van der Waals surface area contributed by atoms with E-state index in [9.17, 15) is 9.59 Å². The summed E-state index contributed by atoms with van der Waals surface area (Å²) in [5.41, 5.74) is 2.31. The lowest BCUT2D eigenvalue weighted by atomic mass is 10.1. The average molecular weight is 330 g/mol. The number of hydrogen-bond acceptors (Lipinski definition) is 3. The van der Waals surface area contributed by atoms with Gasteiger partial charge in [0.1, 0.15) is 6.04 Å². The lowest BCUT2D eigenvalue weighted by Gasteiger charge is -2.31. The summed E-state index contributed by atoms with van der Waals surface area (Å²) in [5.74, 6) is 0.00346. The molecule has 2 atom stereocenters. The Balaban J connectivity index is 1.80. The van der Waals surface area contributed by atoms with E-state index in [0.29, 0.717) is 19.5 Å². The number of rotatable bonds is 2. The number of fused-ring (bicyclic) bond motifs is 1. The minimum Gasteiger partial charge on any atom is -0.372 e. The number of likely N-dealkylation sites (N-methyl/N-ethyl adjacent to an activating group) is 2. The van der Waals surface area contributed by atoms with Crippen LogP contribution in [-0.4, -0.2) is 61.0 Å². The minimum atomic E-state index is -0.392. The van der Waals surface area contributed by atoms with Crippen LogP contribution < -0.4 is 10.2 Å². The molecular weight excluding hydrogens is 304 g/mol. The van der Waals surface area contributed by atoms with Crippen molar-refractivity contribution in [2.24, 2.45) is 0 Å². The number of anilines is 1. The number of nitrogens with one attached hydrogen (secondary N) is 1. The van der Waals surface area contributed by atoms with Crippen LogP contribution in [0.4, 0.5) is 10.5 Å². The highest BCUT2D eigenvalue weighted by Crippen LogP contribution is 2.27. The van der Waals surface area contributed by atoms with Crippen molar-refractivity contribution >= 4 is 17.6 Å². The molecule has 3 rings (SSSR count). The summed E-state index contributed by atoms with van der Waals surface area (Å²) in [6, 6.07) is 7.79. The highest BCUT2D eigenvalue weighted by Gasteiger charge is 2.34. The largest absolute Gasteiger partial charge is 0.372 e. The average Bonchev–Trinajstić information content (AvgIpc) is 2.81. The van der Waals surface area contributed by atoms with Crippen LogP contribution in [0.5, 0.6) is 0 Å². The predicted octanol–water partition coefficient (Wildman–Crippen LogP) is 1.66. The Hall–Kier alpha value is -2.24. The molecule has 0 bridgehead atoms. The van der Waals surface area contributed by atoms with Gasteiger partial charge in [-0.25, -0.2) is 4.79 Å². The molecule has 6 nitrogen and oxygen atoms in total. The van der Waals surface area contributed by atoms with Crippen LogP contribution >= 0.6 is 0 Å². The molecule has 2 aliphatic rings. The summed E-state index contributed by atoms with van der Waals surface area (Å²) >= 11 is 0. The fraction of sp³-hybridized carbons (Fsp3) is 0.556. The molecule has 6 heteroatoms. The number of hydrogen-bond donors (Lipinski definition) is 1. The third-order valence-electron chi connectivity index (χ3n) is 5.13. The molecule has 3 amide bonds. The van der Waals surface area contributed by atoms with E-state index in [1.54, 1.807) is 11.9 Å². The monoisotopic (exact) mass is 330 g/mol. The molecule has 0 aliphatic carbocycles. The van der Waals surface area contributed by atoms with Crippen LogP contribution in [0.2, 0.25) is 0 Å². The first kappa shape index (κ1) is 16.6. The number of carbonyl (C=O) groups excluding carboxylic acids is 2. The van der Waals surface area contributed by atoms with Gasteiger partial charge in [-0.15, -0.1) is 0 Å². The second kappa shape index (κ2) is 6.71. The Kier molecular flexibility index (Phi) is 4.64. The van der Waals surface area contributed by atoms with Crippen molar-refractivity contribution < 1.29 is 9.59 Å². The normalized spacial score (nSPS) is 24.0. The van der Waals surface area contributed by atoms with E-state index in [4.69, 9.17) is 0 Å². The number of carbonyl (C=O) groups is 2. The molecule has 2 heterocycles. The van der Waals surface area contributed by atoms with Crippen molar-refractivity contribution in [2.75, 3.05) is 32.1 Å². The first-order valence-electron chi connectivity index (χ1n) is 8.62. The van der Waals surface area contributed by atoms with E-state index >= 15 is 0 Å². The number of likely N-dealkylation sites (tertiary alicyclic amines) is 1. The van der Waals surface area contributed by atoms with E-state index in [-0.39, 0.29) is 18.0 Å². The van der Waals surface area contributed by atoms with Gasteiger partial charge in [0.15, 0.2) is 0 Å². The topological polar surface area (TPSA) is 55.9 Å². The van der Waals surface area contributed by atoms with Gasteiger partial charge in [0.05, 0.1) is 6.04 Å². The SMILES string of the molecule is CC[C@H]1CN(C)c2ccccc2CN1C(=O)N[C@H]1CCN(C)C1=O. The fourth-order valence-corrected chi connectivity index (χ4v) is 3.62. The maximum Gasteiger partial charge on any atom is 0.318 e. The van der Waals surface area contributed by atoms with E-state index in [0.717, 1.165) is 18.5 Å². The Bertz CT molecular complexity index is 633. The third kappa shape index (κ3) is 3.05. The van der Waals surface area contributed by atoms with Crippen molar-refractivity contribution in [1.82, 2.24) is 15.1 Å². The van der Waals surface area contributed by atoms with E-state index in [2.05, 4.69) is 36.3 Å². The number of urea groups is 1. The van der Waals surface area contributed by atoms with Gasteiger partial charge in [0, 0.05) is 39.4 Å². The Morgan fingerprint density at radius 1 is 1.25 bits per heavy atom. The van der Waals surface area contributed by atoms with Crippen molar-refractivity contribution in [3.63, 3.8) is 0 Å². The van der Waals surface area contributed by atoms with Gasteiger partial charge in [-0.1, -0.05) is 25.1 Å². The third-order valence-corrected chi connectivity index (χ3v) is 5.13. The summed E-state index contributed by atoms with van der Waals surface area (Å²) in [4.78, 5) is 30.7. The minimum absolute atomic E-state index is 0.00346. The lowest BCUT2D eigenvalue weighted by molar-refractivity contribution is -0.128. The van der Waals surface area contributed by atoms with Gasteiger partial charge in [-0.05, 0) is 24.5 Å². The van der Waals surface area contributed by atoms with E-state index in [1.165, 1.54) is 5.69 Å². The molecule has 24 heavy (non-hydrogen) atoms. The maximum absolute atomic E-state index is 12.9. The van der Waals surface area contributed by atoms with E-state index in [1.807, 2.05) is 17.0 Å². The van der Waals surface area contributed by atoms with Crippen LogP contribution in [0.3, 0.4) is 0 Å². The highest BCUT2D eigenvalue weighted by atomic mass is 16.2. The summed E-state index contributed by atoms with van der Waals surface area (Å²) in [7, 11) is 3.85. The molecule has 1 aromatic rings. The summed E-state index contributed by atoms with van der Waals surface area (Å²) < 4.78 is 0. The van der Waals surface area contributed by atoms with Gasteiger partial charge < -0.3 is 20.0 Å². The van der Waals surface area contributed by atoms with Crippen molar-refractivity contribution in [2.45, 2.75) is 38.4 Å². The van der Waals surface area contributed by atoms with Crippen LogP contribution in [-0.2, 0) is 11.3 Å². The van der Waals surface area contributed by atoms with Gasteiger partial charge >= 0.3 is 6.03 Å². The van der Waals surface area contributed by atoms with Gasteiger partial charge in [-0.2, -0.15) is 0 Å². The molecule has 0 unspecified atom stereocenters. The van der Waals surface area contributed by atoms with E-state index < -0.39 is 6.04 Å². The summed E-state index contributed by atoms with van der Waals surface area (Å²) in [6.07, 6.45) is 1.56. The van der Waals surface area contributed by atoms with Crippen molar-refractivity contribution in [3.8, 4) is 0 Å². The standard InChI is InChI=1S/C18H26N4O2/c1-4-14-12-21(3)16-8-6-5-7-13(16)11-22(14)18(24)19-15-9-10-20(2)17(15)23/h5-8,14-15H,4,9-12H2,1-3H3,(H,19,24)/t14-,15-/m0/s1.